The summed E-state index contributed by atoms with van der Waals surface area (Å²) in [6.45, 7) is 7.89. The van der Waals surface area contributed by atoms with Gasteiger partial charge in [0.05, 0.1) is 0 Å². The van der Waals surface area contributed by atoms with Crippen molar-refractivity contribution in [2.24, 2.45) is 17.3 Å². The van der Waals surface area contributed by atoms with E-state index in [2.05, 4.69) is 24.5 Å². The number of piperidine rings is 1. The number of carbonyl (C=O) groups is 1. The minimum absolute atomic E-state index is 0.272. The standard InChI is InChI=1S/C17H32N2O/c1-17(2)9-5-15(6-10-17)13-19-16(20)4-3-14-7-11-18-12-8-14/h14-15,18H,3-13H2,1-2H3,(H,19,20). The molecule has 0 aromatic carbocycles. The second-order valence-electron chi connectivity index (χ2n) is 7.64. The summed E-state index contributed by atoms with van der Waals surface area (Å²) < 4.78 is 0. The summed E-state index contributed by atoms with van der Waals surface area (Å²) in [4.78, 5) is 11.9. The van der Waals surface area contributed by atoms with E-state index in [4.69, 9.17) is 0 Å². The van der Waals surface area contributed by atoms with Gasteiger partial charge in [-0.2, -0.15) is 0 Å². The monoisotopic (exact) mass is 280 g/mol. The molecule has 0 atom stereocenters. The molecule has 20 heavy (non-hydrogen) atoms. The normalized spacial score (nSPS) is 24.5. The maximum Gasteiger partial charge on any atom is 0.220 e. The minimum atomic E-state index is 0.272. The first kappa shape index (κ1) is 15.8. The van der Waals surface area contributed by atoms with Crippen molar-refractivity contribution in [2.75, 3.05) is 19.6 Å². The molecule has 3 heteroatoms. The zero-order chi connectivity index (χ0) is 14.4. The lowest BCUT2D eigenvalue weighted by molar-refractivity contribution is -0.121. The van der Waals surface area contributed by atoms with Crippen molar-refractivity contribution in [1.82, 2.24) is 10.6 Å². The number of hydrogen-bond acceptors (Lipinski definition) is 2. The third-order valence-electron chi connectivity index (χ3n) is 5.29. The molecule has 3 nitrogen and oxygen atoms in total. The molecule has 1 aliphatic heterocycles. The Bertz CT molecular complexity index is 298. The molecule has 2 aliphatic rings. The summed E-state index contributed by atoms with van der Waals surface area (Å²) in [6.07, 6.45) is 9.46. The second-order valence-corrected chi connectivity index (χ2v) is 7.64. The van der Waals surface area contributed by atoms with Crippen molar-refractivity contribution in [1.29, 1.82) is 0 Å². The van der Waals surface area contributed by atoms with Crippen LogP contribution in [-0.2, 0) is 4.79 Å². The molecule has 2 N–H and O–H groups in total. The van der Waals surface area contributed by atoms with Crippen LogP contribution in [-0.4, -0.2) is 25.5 Å². The van der Waals surface area contributed by atoms with Crippen LogP contribution in [0.15, 0.2) is 0 Å². The first-order valence-corrected chi connectivity index (χ1v) is 8.52. The van der Waals surface area contributed by atoms with Gasteiger partial charge in [0.2, 0.25) is 5.91 Å². The Kier molecular flexibility index (Phi) is 5.88. The molecule has 0 spiro atoms. The molecule has 2 fully saturated rings. The van der Waals surface area contributed by atoms with Gasteiger partial charge in [0.15, 0.2) is 0 Å². The van der Waals surface area contributed by atoms with Gasteiger partial charge in [-0.25, -0.2) is 0 Å². The molecule has 1 heterocycles. The van der Waals surface area contributed by atoms with Gasteiger partial charge >= 0.3 is 0 Å². The van der Waals surface area contributed by atoms with Gasteiger partial charge in [-0.1, -0.05) is 13.8 Å². The fraction of sp³-hybridized carbons (Fsp3) is 0.941. The first-order chi connectivity index (χ1) is 9.55. The van der Waals surface area contributed by atoms with E-state index in [9.17, 15) is 4.79 Å². The van der Waals surface area contributed by atoms with Crippen molar-refractivity contribution in [3.63, 3.8) is 0 Å². The van der Waals surface area contributed by atoms with Crippen LogP contribution in [0, 0.1) is 17.3 Å². The van der Waals surface area contributed by atoms with Crippen molar-refractivity contribution in [3.05, 3.63) is 0 Å². The minimum Gasteiger partial charge on any atom is -0.356 e. The lowest BCUT2D eigenvalue weighted by atomic mass is 9.73. The quantitative estimate of drug-likeness (QED) is 0.812. The Morgan fingerprint density at radius 2 is 1.75 bits per heavy atom. The van der Waals surface area contributed by atoms with Gasteiger partial charge in [0, 0.05) is 13.0 Å². The Morgan fingerprint density at radius 3 is 2.40 bits per heavy atom. The zero-order valence-corrected chi connectivity index (χ0v) is 13.3. The average molecular weight is 280 g/mol. The molecule has 0 radical (unpaired) electrons. The molecule has 0 aromatic rings. The lowest BCUT2D eigenvalue weighted by Crippen LogP contribution is -2.33. The van der Waals surface area contributed by atoms with E-state index in [-0.39, 0.29) is 5.91 Å². The molecule has 1 saturated carbocycles. The van der Waals surface area contributed by atoms with Crippen LogP contribution in [0.2, 0.25) is 0 Å². The van der Waals surface area contributed by atoms with Gasteiger partial charge in [-0.15, -0.1) is 0 Å². The topological polar surface area (TPSA) is 41.1 Å². The van der Waals surface area contributed by atoms with Crippen LogP contribution in [0.5, 0.6) is 0 Å². The van der Waals surface area contributed by atoms with Crippen LogP contribution >= 0.6 is 0 Å². The number of amides is 1. The van der Waals surface area contributed by atoms with E-state index in [1.54, 1.807) is 0 Å². The highest BCUT2D eigenvalue weighted by molar-refractivity contribution is 5.75. The maximum absolute atomic E-state index is 11.9. The zero-order valence-electron chi connectivity index (χ0n) is 13.3. The van der Waals surface area contributed by atoms with E-state index < -0.39 is 0 Å². The van der Waals surface area contributed by atoms with Crippen LogP contribution in [0.25, 0.3) is 0 Å². The summed E-state index contributed by atoms with van der Waals surface area (Å²) in [5, 5.41) is 6.54. The summed E-state index contributed by atoms with van der Waals surface area (Å²) >= 11 is 0. The highest BCUT2D eigenvalue weighted by Crippen LogP contribution is 2.37. The van der Waals surface area contributed by atoms with E-state index in [0.717, 1.165) is 38.4 Å². The third kappa shape index (κ3) is 5.43. The average Bonchev–Trinajstić information content (AvgIpc) is 2.45. The fourth-order valence-corrected chi connectivity index (χ4v) is 3.52. The Hall–Kier alpha value is -0.570. The predicted octanol–water partition coefficient (Wildman–Crippen LogP) is 3.10. The molecule has 1 amide bonds. The molecule has 1 saturated heterocycles. The summed E-state index contributed by atoms with van der Waals surface area (Å²) in [6, 6.07) is 0. The molecule has 0 unspecified atom stereocenters. The van der Waals surface area contributed by atoms with Crippen molar-refractivity contribution in [3.8, 4) is 0 Å². The van der Waals surface area contributed by atoms with Crippen molar-refractivity contribution in [2.45, 2.75) is 65.2 Å². The molecule has 116 valence electrons. The van der Waals surface area contributed by atoms with Gasteiger partial charge < -0.3 is 10.6 Å². The largest absolute Gasteiger partial charge is 0.356 e. The van der Waals surface area contributed by atoms with E-state index >= 15 is 0 Å². The number of hydrogen-bond donors (Lipinski definition) is 2. The second kappa shape index (κ2) is 7.44. The summed E-state index contributed by atoms with van der Waals surface area (Å²) in [5.74, 6) is 1.75. The van der Waals surface area contributed by atoms with E-state index in [0.29, 0.717) is 11.3 Å². The lowest BCUT2D eigenvalue weighted by Gasteiger charge is -2.34. The van der Waals surface area contributed by atoms with E-state index in [1.807, 2.05) is 0 Å². The Morgan fingerprint density at radius 1 is 1.10 bits per heavy atom. The fourth-order valence-electron chi connectivity index (χ4n) is 3.52. The molecular formula is C17H32N2O. The van der Waals surface area contributed by atoms with Crippen LogP contribution in [0.1, 0.15) is 65.2 Å². The summed E-state index contributed by atoms with van der Waals surface area (Å²) in [5.41, 5.74) is 0.523. The number of carbonyl (C=O) groups excluding carboxylic acids is 1. The van der Waals surface area contributed by atoms with Gasteiger partial charge in [0.1, 0.15) is 0 Å². The number of nitrogens with one attached hydrogen (secondary N) is 2. The smallest absolute Gasteiger partial charge is 0.220 e. The molecule has 0 bridgehead atoms. The first-order valence-electron chi connectivity index (χ1n) is 8.52. The number of rotatable bonds is 5. The maximum atomic E-state index is 11.9. The molecule has 0 aromatic heterocycles. The predicted molar refractivity (Wildman–Crippen MR) is 83.6 cm³/mol. The van der Waals surface area contributed by atoms with Gasteiger partial charge in [-0.3, -0.25) is 4.79 Å². The molecule has 2 rings (SSSR count). The van der Waals surface area contributed by atoms with E-state index in [1.165, 1.54) is 38.5 Å². The summed E-state index contributed by atoms with van der Waals surface area (Å²) in [7, 11) is 0. The highest BCUT2D eigenvalue weighted by Gasteiger charge is 2.26. The van der Waals surface area contributed by atoms with Crippen LogP contribution in [0.4, 0.5) is 0 Å². The van der Waals surface area contributed by atoms with Gasteiger partial charge in [0.25, 0.3) is 0 Å². The highest BCUT2D eigenvalue weighted by atomic mass is 16.1. The van der Waals surface area contributed by atoms with Crippen LogP contribution < -0.4 is 10.6 Å². The Balaban J connectivity index is 1.56. The Labute approximate surface area is 124 Å². The van der Waals surface area contributed by atoms with Gasteiger partial charge in [-0.05, 0) is 75.3 Å². The molecular weight excluding hydrogens is 248 g/mol. The van der Waals surface area contributed by atoms with Crippen molar-refractivity contribution >= 4 is 5.91 Å². The van der Waals surface area contributed by atoms with Crippen LogP contribution in [0.3, 0.4) is 0 Å². The van der Waals surface area contributed by atoms with Crippen molar-refractivity contribution < 1.29 is 4.79 Å². The SMILES string of the molecule is CC1(C)CCC(CNC(=O)CCC2CCNCC2)CC1. The molecule has 1 aliphatic carbocycles. The third-order valence-corrected chi connectivity index (χ3v) is 5.29.